The van der Waals surface area contributed by atoms with E-state index in [4.69, 9.17) is 16.2 Å². The van der Waals surface area contributed by atoms with Crippen molar-refractivity contribution in [3.8, 4) is 11.1 Å². The zero-order valence-electron chi connectivity index (χ0n) is 17.8. The fraction of sp³-hybridized carbons (Fsp3) is 0.250. The molecule has 8 heteroatoms. The van der Waals surface area contributed by atoms with Crippen LogP contribution in [0.1, 0.15) is 31.2 Å². The zero-order chi connectivity index (χ0) is 22.7. The summed E-state index contributed by atoms with van der Waals surface area (Å²) in [6, 6.07) is 7.70. The standard InChI is InChI=1S/C24H25N5O3/c1-14-6-7-27-12-19(14)16-9-17-11-22(28-13-20(17)21(25)10-16)29-23(30)8-15-2-4-18(5-3-15)32-24(26)31/h6-13,18H,2-5,25H2,1H3,(H2,26,31)(H,28,29,30). The number of aryl methyl sites for hydroxylation is 1. The number of amides is 2. The van der Waals surface area contributed by atoms with E-state index in [-0.39, 0.29) is 12.0 Å². The predicted octanol–water partition coefficient (Wildman–Crippen LogP) is 4.09. The number of hydrogen-bond donors (Lipinski definition) is 3. The van der Waals surface area contributed by atoms with Crippen molar-refractivity contribution in [1.82, 2.24) is 9.97 Å². The molecule has 3 aromatic rings. The largest absolute Gasteiger partial charge is 0.446 e. The SMILES string of the molecule is Cc1ccncc1-c1cc(N)c2cnc(NC(=O)C=C3CCC(OC(N)=O)CC3)cc2c1. The number of anilines is 2. The van der Waals surface area contributed by atoms with Crippen LogP contribution in [0.5, 0.6) is 0 Å². The van der Waals surface area contributed by atoms with Crippen molar-refractivity contribution in [2.24, 2.45) is 5.73 Å². The van der Waals surface area contributed by atoms with Gasteiger partial charge in [0.15, 0.2) is 0 Å². The molecule has 0 atom stereocenters. The number of carbonyl (C=O) groups is 2. The zero-order valence-corrected chi connectivity index (χ0v) is 17.8. The summed E-state index contributed by atoms with van der Waals surface area (Å²) >= 11 is 0. The van der Waals surface area contributed by atoms with Crippen LogP contribution >= 0.6 is 0 Å². The lowest BCUT2D eigenvalue weighted by molar-refractivity contribution is -0.112. The molecule has 0 unspecified atom stereocenters. The first-order valence-electron chi connectivity index (χ1n) is 10.5. The van der Waals surface area contributed by atoms with E-state index < -0.39 is 6.09 Å². The van der Waals surface area contributed by atoms with Gasteiger partial charge in [0.25, 0.3) is 0 Å². The fourth-order valence-corrected chi connectivity index (χ4v) is 4.01. The maximum Gasteiger partial charge on any atom is 0.404 e. The minimum atomic E-state index is -0.759. The van der Waals surface area contributed by atoms with Gasteiger partial charge in [-0.3, -0.25) is 9.78 Å². The van der Waals surface area contributed by atoms with Crippen LogP contribution in [0.3, 0.4) is 0 Å². The van der Waals surface area contributed by atoms with Crippen LogP contribution in [0.25, 0.3) is 21.9 Å². The number of primary amides is 1. The topological polar surface area (TPSA) is 133 Å². The first-order chi connectivity index (χ1) is 15.4. The van der Waals surface area contributed by atoms with Gasteiger partial charge >= 0.3 is 6.09 Å². The van der Waals surface area contributed by atoms with E-state index in [0.717, 1.165) is 33.0 Å². The normalized spacial score (nSPS) is 15.9. The maximum atomic E-state index is 12.5. The average Bonchev–Trinajstić information content (AvgIpc) is 2.75. The van der Waals surface area contributed by atoms with Crippen molar-refractivity contribution in [3.05, 3.63) is 60.1 Å². The van der Waals surface area contributed by atoms with E-state index in [1.165, 1.54) is 0 Å². The molecule has 0 saturated heterocycles. The quantitative estimate of drug-likeness (QED) is 0.421. The molecule has 2 aromatic heterocycles. The lowest BCUT2D eigenvalue weighted by atomic mass is 9.92. The number of ether oxygens (including phenoxy) is 1. The lowest BCUT2D eigenvalue weighted by Gasteiger charge is -2.23. The van der Waals surface area contributed by atoms with Gasteiger partial charge in [-0.2, -0.15) is 0 Å². The molecule has 5 N–H and O–H groups in total. The van der Waals surface area contributed by atoms with Crippen molar-refractivity contribution in [2.45, 2.75) is 38.7 Å². The second-order valence-corrected chi connectivity index (χ2v) is 7.97. The third-order valence-electron chi connectivity index (χ3n) is 5.66. The molecule has 2 heterocycles. The highest BCUT2D eigenvalue weighted by Gasteiger charge is 2.20. The summed E-state index contributed by atoms with van der Waals surface area (Å²) in [6.07, 6.45) is 8.57. The fourth-order valence-electron chi connectivity index (χ4n) is 4.01. The van der Waals surface area contributed by atoms with Gasteiger partial charge in [-0.15, -0.1) is 0 Å². The van der Waals surface area contributed by atoms with Crippen LogP contribution in [-0.4, -0.2) is 28.1 Å². The highest BCUT2D eigenvalue weighted by molar-refractivity contribution is 6.02. The molecule has 32 heavy (non-hydrogen) atoms. The summed E-state index contributed by atoms with van der Waals surface area (Å²) in [5, 5.41) is 4.53. The Bertz CT molecular complexity index is 1210. The van der Waals surface area contributed by atoms with Crippen molar-refractivity contribution >= 4 is 34.3 Å². The molecule has 164 valence electrons. The van der Waals surface area contributed by atoms with E-state index in [9.17, 15) is 9.59 Å². The minimum absolute atomic E-state index is 0.182. The van der Waals surface area contributed by atoms with Gasteiger partial charge < -0.3 is 21.5 Å². The van der Waals surface area contributed by atoms with Gasteiger partial charge in [-0.05, 0) is 73.4 Å². The molecular weight excluding hydrogens is 406 g/mol. The molecule has 1 aliphatic carbocycles. The van der Waals surface area contributed by atoms with Crippen LogP contribution in [0.15, 0.2) is 54.5 Å². The summed E-state index contributed by atoms with van der Waals surface area (Å²) in [6.45, 7) is 2.02. The monoisotopic (exact) mass is 431 g/mol. The molecule has 0 bridgehead atoms. The molecule has 1 saturated carbocycles. The summed E-state index contributed by atoms with van der Waals surface area (Å²) in [7, 11) is 0. The van der Waals surface area contributed by atoms with E-state index in [1.54, 1.807) is 18.5 Å². The molecule has 4 rings (SSSR count). The Kier molecular flexibility index (Phi) is 6.02. The van der Waals surface area contributed by atoms with Gasteiger partial charge in [0.2, 0.25) is 5.91 Å². The van der Waals surface area contributed by atoms with Gasteiger partial charge in [0.1, 0.15) is 11.9 Å². The second-order valence-electron chi connectivity index (χ2n) is 7.97. The summed E-state index contributed by atoms with van der Waals surface area (Å²) in [5.41, 5.74) is 16.0. The van der Waals surface area contributed by atoms with Crippen LogP contribution in [0, 0.1) is 6.92 Å². The summed E-state index contributed by atoms with van der Waals surface area (Å²) in [5.74, 6) is 0.206. The number of allylic oxidation sites excluding steroid dienone is 1. The van der Waals surface area contributed by atoms with E-state index in [1.807, 2.05) is 37.4 Å². The highest BCUT2D eigenvalue weighted by Crippen LogP contribution is 2.31. The van der Waals surface area contributed by atoms with Crippen LogP contribution in [-0.2, 0) is 9.53 Å². The Morgan fingerprint density at radius 2 is 1.97 bits per heavy atom. The highest BCUT2D eigenvalue weighted by atomic mass is 16.6. The number of nitrogen functional groups attached to an aromatic ring is 1. The summed E-state index contributed by atoms with van der Waals surface area (Å²) < 4.78 is 5.03. The Hall–Kier alpha value is -3.94. The Morgan fingerprint density at radius 1 is 1.19 bits per heavy atom. The van der Waals surface area contributed by atoms with Crippen LogP contribution in [0.2, 0.25) is 0 Å². The molecule has 0 aliphatic heterocycles. The van der Waals surface area contributed by atoms with Crippen LogP contribution < -0.4 is 16.8 Å². The van der Waals surface area contributed by atoms with Crippen molar-refractivity contribution in [1.29, 1.82) is 0 Å². The van der Waals surface area contributed by atoms with E-state index in [0.29, 0.717) is 37.2 Å². The van der Waals surface area contributed by atoms with Gasteiger partial charge in [0.05, 0.1) is 0 Å². The Labute approximate surface area is 185 Å². The molecule has 0 spiro atoms. The van der Waals surface area contributed by atoms with Gasteiger partial charge in [-0.25, -0.2) is 9.78 Å². The number of benzene rings is 1. The number of carbonyl (C=O) groups excluding carboxylic acids is 2. The van der Waals surface area contributed by atoms with Crippen LogP contribution in [0.4, 0.5) is 16.3 Å². The number of nitrogens with one attached hydrogen (secondary N) is 1. The summed E-state index contributed by atoms with van der Waals surface area (Å²) in [4.78, 5) is 31.9. The van der Waals surface area contributed by atoms with E-state index in [2.05, 4.69) is 15.3 Å². The minimum Gasteiger partial charge on any atom is -0.446 e. The number of aromatic nitrogens is 2. The Balaban J connectivity index is 1.51. The molecule has 0 radical (unpaired) electrons. The number of nitrogens with zero attached hydrogens (tertiary/aromatic N) is 2. The third-order valence-corrected chi connectivity index (χ3v) is 5.66. The van der Waals surface area contributed by atoms with E-state index >= 15 is 0 Å². The Morgan fingerprint density at radius 3 is 2.69 bits per heavy atom. The lowest BCUT2D eigenvalue weighted by Crippen LogP contribution is -2.25. The first-order valence-corrected chi connectivity index (χ1v) is 10.5. The molecule has 1 aromatic carbocycles. The second kappa shape index (κ2) is 9.05. The van der Waals surface area contributed by atoms with Gasteiger partial charge in [0, 0.05) is 41.3 Å². The number of fused-ring (bicyclic) bond motifs is 1. The van der Waals surface area contributed by atoms with Crippen molar-refractivity contribution < 1.29 is 14.3 Å². The van der Waals surface area contributed by atoms with Crippen molar-refractivity contribution in [2.75, 3.05) is 11.1 Å². The maximum absolute atomic E-state index is 12.5. The number of pyridine rings is 2. The number of rotatable bonds is 4. The number of hydrogen-bond acceptors (Lipinski definition) is 6. The first kappa shape index (κ1) is 21.3. The molecule has 2 amide bonds. The third kappa shape index (κ3) is 4.85. The smallest absolute Gasteiger partial charge is 0.404 e. The molecule has 1 fully saturated rings. The predicted molar refractivity (Wildman–Crippen MR) is 124 cm³/mol. The number of nitrogens with two attached hydrogens (primary N) is 2. The molecule has 1 aliphatic rings. The van der Waals surface area contributed by atoms with Gasteiger partial charge in [-0.1, -0.05) is 5.57 Å². The average molecular weight is 431 g/mol. The molecular formula is C24H25N5O3. The molecule has 8 nitrogen and oxygen atoms in total. The van der Waals surface area contributed by atoms with Crippen molar-refractivity contribution in [3.63, 3.8) is 0 Å².